The van der Waals surface area contributed by atoms with Gasteiger partial charge in [0.05, 0.1) is 0 Å². The molecule has 2 heteroatoms. The van der Waals surface area contributed by atoms with Crippen molar-refractivity contribution in [2.45, 2.75) is 26.7 Å². The third kappa shape index (κ3) is 5.85. The van der Waals surface area contributed by atoms with E-state index in [9.17, 15) is 0 Å². The van der Waals surface area contributed by atoms with Gasteiger partial charge in [-0.2, -0.15) is 0 Å². The average molecular weight is 235 g/mol. The molecule has 1 aromatic carbocycles. The predicted molar refractivity (Wildman–Crippen MR) is 73.4 cm³/mol. The van der Waals surface area contributed by atoms with Crippen LogP contribution in [-0.4, -0.2) is 26.8 Å². The van der Waals surface area contributed by atoms with Gasteiger partial charge in [0.15, 0.2) is 0 Å². The largest absolute Gasteiger partial charge is 0.385 e. The summed E-state index contributed by atoms with van der Waals surface area (Å²) >= 11 is 0. The van der Waals surface area contributed by atoms with Crippen LogP contribution >= 0.6 is 0 Å². The highest BCUT2D eigenvalue weighted by molar-refractivity contribution is 5.22. The summed E-state index contributed by atoms with van der Waals surface area (Å²) in [6.45, 7) is 7.27. The lowest BCUT2D eigenvalue weighted by molar-refractivity contribution is 0.176. The number of hydrogen-bond donors (Lipinski definition) is 1. The lowest BCUT2D eigenvalue weighted by atomic mass is 9.95. The summed E-state index contributed by atoms with van der Waals surface area (Å²) in [5, 5.41) is 3.44. The minimum atomic E-state index is 0.664. The Labute approximate surface area is 105 Å². The Kier molecular flexibility index (Phi) is 6.90. The lowest BCUT2D eigenvalue weighted by Crippen LogP contribution is -2.25. The molecule has 0 amide bonds. The Morgan fingerprint density at radius 3 is 2.82 bits per heavy atom. The van der Waals surface area contributed by atoms with Gasteiger partial charge in [-0.15, -0.1) is 0 Å². The van der Waals surface area contributed by atoms with Crippen LogP contribution in [0.15, 0.2) is 24.3 Å². The Balaban J connectivity index is 2.51. The highest BCUT2D eigenvalue weighted by atomic mass is 16.5. The Morgan fingerprint density at radius 1 is 1.35 bits per heavy atom. The van der Waals surface area contributed by atoms with E-state index in [0.717, 1.165) is 32.5 Å². The van der Waals surface area contributed by atoms with Crippen LogP contribution in [0.2, 0.25) is 0 Å². The highest BCUT2D eigenvalue weighted by Gasteiger charge is 2.09. The molecule has 0 saturated carbocycles. The zero-order valence-electron chi connectivity index (χ0n) is 11.3. The van der Waals surface area contributed by atoms with Crippen LogP contribution < -0.4 is 5.32 Å². The van der Waals surface area contributed by atoms with E-state index in [2.05, 4.69) is 43.4 Å². The third-order valence-electron chi connectivity index (χ3n) is 3.02. The molecule has 0 bridgehead atoms. The molecule has 1 N–H and O–H groups in total. The van der Waals surface area contributed by atoms with Crippen LogP contribution in [0.5, 0.6) is 0 Å². The van der Waals surface area contributed by atoms with E-state index in [4.69, 9.17) is 4.74 Å². The molecule has 0 aromatic heterocycles. The maximum Gasteiger partial charge on any atom is 0.0465 e. The van der Waals surface area contributed by atoms with E-state index in [1.807, 2.05) is 0 Å². The highest BCUT2D eigenvalue weighted by Crippen LogP contribution is 2.13. The van der Waals surface area contributed by atoms with Crippen molar-refractivity contribution in [2.75, 3.05) is 26.8 Å². The fourth-order valence-electron chi connectivity index (χ4n) is 2.08. The Hall–Kier alpha value is -0.860. The normalized spacial score (nSPS) is 12.6. The first kappa shape index (κ1) is 14.2. The molecule has 17 heavy (non-hydrogen) atoms. The van der Waals surface area contributed by atoms with Crippen molar-refractivity contribution >= 4 is 0 Å². The van der Waals surface area contributed by atoms with E-state index in [1.165, 1.54) is 11.1 Å². The van der Waals surface area contributed by atoms with E-state index in [0.29, 0.717) is 5.92 Å². The quantitative estimate of drug-likeness (QED) is 0.748. The summed E-state index contributed by atoms with van der Waals surface area (Å²) in [6.07, 6.45) is 2.26. The van der Waals surface area contributed by atoms with Gasteiger partial charge in [0, 0.05) is 13.7 Å². The molecule has 1 unspecified atom stereocenters. The van der Waals surface area contributed by atoms with Gasteiger partial charge in [-0.3, -0.25) is 0 Å². The summed E-state index contributed by atoms with van der Waals surface area (Å²) < 4.78 is 5.19. The summed E-state index contributed by atoms with van der Waals surface area (Å²) in [6, 6.07) is 8.80. The second-order valence-corrected chi connectivity index (χ2v) is 4.65. The SMILES string of the molecule is CCNCC(CCOC)Cc1cccc(C)c1. The third-order valence-corrected chi connectivity index (χ3v) is 3.02. The van der Waals surface area contributed by atoms with Crippen LogP contribution in [0.4, 0.5) is 0 Å². The summed E-state index contributed by atoms with van der Waals surface area (Å²) in [7, 11) is 1.77. The van der Waals surface area contributed by atoms with Gasteiger partial charge in [0.25, 0.3) is 0 Å². The number of rotatable bonds is 8. The minimum Gasteiger partial charge on any atom is -0.385 e. The number of hydrogen-bond acceptors (Lipinski definition) is 2. The van der Waals surface area contributed by atoms with Crippen LogP contribution in [0.3, 0.4) is 0 Å². The standard InChI is InChI=1S/C15H25NO/c1-4-16-12-15(8-9-17-3)11-14-7-5-6-13(2)10-14/h5-7,10,15-16H,4,8-9,11-12H2,1-3H3. The van der Waals surface area contributed by atoms with Crippen molar-refractivity contribution in [2.24, 2.45) is 5.92 Å². The molecule has 0 aliphatic rings. The van der Waals surface area contributed by atoms with E-state index in [1.54, 1.807) is 7.11 Å². The molecule has 0 aliphatic heterocycles. The zero-order valence-corrected chi connectivity index (χ0v) is 11.3. The summed E-state index contributed by atoms with van der Waals surface area (Å²) in [5.41, 5.74) is 2.78. The Morgan fingerprint density at radius 2 is 2.18 bits per heavy atom. The maximum atomic E-state index is 5.19. The first-order chi connectivity index (χ1) is 8.26. The van der Waals surface area contributed by atoms with Crippen molar-refractivity contribution in [1.82, 2.24) is 5.32 Å². The Bertz CT molecular complexity index is 304. The minimum absolute atomic E-state index is 0.664. The molecule has 1 rings (SSSR count). The van der Waals surface area contributed by atoms with E-state index >= 15 is 0 Å². The molecule has 0 spiro atoms. The molecule has 2 nitrogen and oxygen atoms in total. The molecule has 0 aliphatic carbocycles. The smallest absolute Gasteiger partial charge is 0.0465 e. The van der Waals surface area contributed by atoms with Crippen molar-refractivity contribution in [3.05, 3.63) is 35.4 Å². The molecular weight excluding hydrogens is 210 g/mol. The maximum absolute atomic E-state index is 5.19. The van der Waals surface area contributed by atoms with Gasteiger partial charge in [-0.25, -0.2) is 0 Å². The molecule has 0 fully saturated rings. The van der Waals surface area contributed by atoms with Crippen molar-refractivity contribution in [1.29, 1.82) is 0 Å². The van der Waals surface area contributed by atoms with E-state index in [-0.39, 0.29) is 0 Å². The average Bonchev–Trinajstić information content (AvgIpc) is 2.32. The van der Waals surface area contributed by atoms with Crippen LogP contribution in [0.1, 0.15) is 24.5 Å². The molecular formula is C15H25NO. The first-order valence-electron chi connectivity index (χ1n) is 6.51. The second kappa shape index (κ2) is 8.26. The fraction of sp³-hybridized carbons (Fsp3) is 0.600. The first-order valence-corrected chi connectivity index (χ1v) is 6.51. The van der Waals surface area contributed by atoms with Gasteiger partial charge in [0.2, 0.25) is 0 Å². The van der Waals surface area contributed by atoms with Crippen molar-refractivity contribution in [3.8, 4) is 0 Å². The van der Waals surface area contributed by atoms with Crippen LogP contribution in [0, 0.1) is 12.8 Å². The molecule has 0 saturated heterocycles. The molecule has 0 heterocycles. The van der Waals surface area contributed by atoms with Gasteiger partial charge < -0.3 is 10.1 Å². The molecule has 1 atom stereocenters. The number of aryl methyl sites for hydroxylation is 1. The van der Waals surface area contributed by atoms with Crippen LogP contribution in [0.25, 0.3) is 0 Å². The molecule has 0 radical (unpaired) electrons. The topological polar surface area (TPSA) is 21.3 Å². The number of benzene rings is 1. The monoisotopic (exact) mass is 235 g/mol. The predicted octanol–water partition coefficient (Wildman–Crippen LogP) is 2.80. The fourth-order valence-corrected chi connectivity index (χ4v) is 2.08. The summed E-state index contributed by atoms with van der Waals surface area (Å²) in [4.78, 5) is 0. The summed E-state index contributed by atoms with van der Waals surface area (Å²) in [5.74, 6) is 0.664. The van der Waals surface area contributed by atoms with Crippen molar-refractivity contribution in [3.63, 3.8) is 0 Å². The number of nitrogens with one attached hydrogen (secondary N) is 1. The van der Waals surface area contributed by atoms with Crippen LogP contribution in [-0.2, 0) is 11.2 Å². The second-order valence-electron chi connectivity index (χ2n) is 4.65. The van der Waals surface area contributed by atoms with Gasteiger partial charge in [0.1, 0.15) is 0 Å². The van der Waals surface area contributed by atoms with E-state index < -0.39 is 0 Å². The number of ether oxygens (including phenoxy) is 1. The lowest BCUT2D eigenvalue weighted by Gasteiger charge is -2.17. The number of methoxy groups -OCH3 is 1. The zero-order chi connectivity index (χ0) is 12.5. The van der Waals surface area contributed by atoms with Gasteiger partial charge in [-0.05, 0) is 44.3 Å². The molecule has 96 valence electrons. The van der Waals surface area contributed by atoms with Gasteiger partial charge in [-0.1, -0.05) is 36.8 Å². The molecule has 1 aromatic rings. The van der Waals surface area contributed by atoms with Gasteiger partial charge >= 0.3 is 0 Å². The van der Waals surface area contributed by atoms with Crippen molar-refractivity contribution < 1.29 is 4.74 Å².